The van der Waals surface area contributed by atoms with Gasteiger partial charge in [0.05, 0.1) is 5.02 Å². The molecule has 2 heterocycles. The van der Waals surface area contributed by atoms with E-state index in [0.717, 1.165) is 12.3 Å². The van der Waals surface area contributed by atoms with Gasteiger partial charge in [-0.3, -0.25) is 4.98 Å². The van der Waals surface area contributed by atoms with Gasteiger partial charge in [-0.15, -0.1) is 0 Å². The fourth-order valence-electron chi connectivity index (χ4n) is 1.31. The molecule has 0 bridgehead atoms. The monoisotopic (exact) mass is 384 g/mol. The molecule has 2 nitrogen and oxygen atoms in total. The van der Waals surface area contributed by atoms with Crippen LogP contribution in [0.3, 0.4) is 0 Å². The Morgan fingerprint density at radius 2 is 1.72 bits per heavy atom. The summed E-state index contributed by atoms with van der Waals surface area (Å²) in [5.41, 5.74) is 0.242. The summed E-state index contributed by atoms with van der Waals surface area (Å²) in [6.07, 6.45) is -1.73. The number of alkyl halides is 3. The van der Waals surface area contributed by atoms with Crippen molar-refractivity contribution in [2.75, 3.05) is 0 Å². The Morgan fingerprint density at radius 1 is 1.06 bits per heavy atom. The smallest absolute Gasteiger partial charge is 0.251 e. The first-order chi connectivity index (χ1) is 8.38. The standard InChI is InChI=1S/C11H5ClF3IN2/c12-8-3-7(5-18-10(8)16)6-1-2-9(17-4-6)11(13,14)15/h1-5H. The molecule has 0 aromatic carbocycles. The molecule has 0 atom stereocenters. The Hall–Kier alpha value is -0.890. The van der Waals surface area contributed by atoms with Crippen molar-refractivity contribution in [3.63, 3.8) is 0 Å². The van der Waals surface area contributed by atoms with E-state index in [-0.39, 0.29) is 0 Å². The Kier molecular flexibility index (Phi) is 3.76. The Morgan fingerprint density at radius 3 is 2.22 bits per heavy atom. The normalized spacial score (nSPS) is 11.6. The first-order valence-corrected chi connectivity index (χ1v) is 6.18. The predicted octanol–water partition coefficient (Wildman–Crippen LogP) is 4.42. The van der Waals surface area contributed by atoms with Crippen LogP contribution in [0.2, 0.25) is 5.02 Å². The summed E-state index contributed by atoms with van der Waals surface area (Å²) in [5, 5.41) is 0.452. The second kappa shape index (κ2) is 5.00. The van der Waals surface area contributed by atoms with Crippen LogP contribution in [0.15, 0.2) is 30.6 Å². The van der Waals surface area contributed by atoms with Crippen LogP contribution in [-0.2, 0) is 6.18 Å². The third-order valence-electron chi connectivity index (χ3n) is 2.18. The highest BCUT2D eigenvalue weighted by Gasteiger charge is 2.32. The number of hydrogen-bond donors (Lipinski definition) is 0. The van der Waals surface area contributed by atoms with Gasteiger partial charge >= 0.3 is 6.18 Å². The Bertz CT molecular complexity index is 569. The summed E-state index contributed by atoms with van der Waals surface area (Å²) in [7, 11) is 0. The van der Waals surface area contributed by atoms with Crippen molar-refractivity contribution in [2.24, 2.45) is 0 Å². The Balaban J connectivity index is 2.37. The van der Waals surface area contributed by atoms with Gasteiger partial charge in [-0.2, -0.15) is 13.2 Å². The number of halogens is 5. The van der Waals surface area contributed by atoms with Crippen LogP contribution in [0.25, 0.3) is 11.1 Å². The van der Waals surface area contributed by atoms with Crippen LogP contribution >= 0.6 is 34.2 Å². The van der Waals surface area contributed by atoms with E-state index in [1.54, 1.807) is 6.07 Å². The van der Waals surface area contributed by atoms with Crippen LogP contribution in [0.1, 0.15) is 5.69 Å². The van der Waals surface area contributed by atoms with Crippen molar-refractivity contribution < 1.29 is 13.2 Å². The topological polar surface area (TPSA) is 25.8 Å². The van der Waals surface area contributed by atoms with Crippen LogP contribution in [0.4, 0.5) is 13.2 Å². The van der Waals surface area contributed by atoms with Crippen LogP contribution in [-0.4, -0.2) is 9.97 Å². The molecule has 0 aliphatic carbocycles. The second-order valence-electron chi connectivity index (χ2n) is 3.43. The van der Waals surface area contributed by atoms with Gasteiger partial charge in [0, 0.05) is 23.5 Å². The minimum atomic E-state index is -4.43. The molecule has 0 aliphatic rings. The molecule has 94 valence electrons. The maximum atomic E-state index is 12.3. The molecule has 2 aromatic rings. The van der Waals surface area contributed by atoms with Crippen molar-refractivity contribution in [1.29, 1.82) is 0 Å². The average molecular weight is 385 g/mol. The lowest BCUT2D eigenvalue weighted by molar-refractivity contribution is -0.141. The average Bonchev–Trinajstić information content (AvgIpc) is 2.32. The van der Waals surface area contributed by atoms with Gasteiger partial charge < -0.3 is 0 Å². The minimum absolute atomic E-state index is 0.452. The van der Waals surface area contributed by atoms with Crippen LogP contribution in [0.5, 0.6) is 0 Å². The molecule has 2 rings (SSSR count). The van der Waals surface area contributed by atoms with Gasteiger partial charge in [0.25, 0.3) is 0 Å². The van der Waals surface area contributed by atoms with E-state index in [1.165, 1.54) is 12.3 Å². The maximum absolute atomic E-state index is 12.3. The van der Waals surface area contributed by atoms with Crippen molar-refractivity contribution in [3.8, 4) is 11.1 Å². The fraction of sp³-hybridized carbons (Fsp3) is 0.0909. The first kappa shape index (κ1) is 13.5. The minimum Gasteiger partial charge on any atom is -0.251 e. The molecule has 0 spiro atoms. The summed E-state index contributed by atoms with van der Waals surface area (Å²) in [6.45, 7) is 0. The number of rotatable bonds is 1. The maximum Gasteiger partial charge on any atom is 0.433 e. The van der Waals surface area contributed by atoms with Gasteiger partial charge in [0.1, 0.15) is 9.39 Å². The zero-order chi connectivity index (χ0) is 13.3. The molecule has 0 saturated heterocycles. The molecule has 0 amide bonds. The van der Waals surface area contributed by atoms with Gasteiger partial charge in [-0.1, -0.05) is 17.7 Å². The van der Waals surface area contributed by atoms with Crippen LogP contribution in [0, 0.1) is 3.70 Å². The molecule has 0 saturated carbocycles. The number of pyridine rings is 2. The molecule has 0 aliphatic heterocycles. The van der Waals surface area contributed by atoms with E-state index in [9.17, 15) is 13.2 Å². The van der Waals surface area contributed by atoms with E-state index in [2.05, 4.69) is 9.97 Å². The quantitative estimate of drug-likeness (QED) is 0.537. The lowest BCUT2D eigenvalue weighted by Gasteiger charge is -2.07. The molecular formula is C11H5ClF3IN2. The molecule has 0 fully saturated rings. The largest absolute Gasteiger partial charge is 0.433 e. The first-order valence-electron chi connectivity index (χ1n) is 4.72. The van der Waals surface area contributed by atoms with Gasteiger partial charge in [0.2, 0.25) is 0 Å². The summed E-state index contributed by atoms with van der Waals surface area (Å²) >= 11 is 7.87. The third-order valence-corrected chi connectivity index (χ3v) is 3.65. The number of nitrogens with zero attached hydrogens (tertiary/aromatic N) is 2. The molecule has 2 aromatic heterocycles. The van der Waals surface area contributed by atoms with E-state index in [0.29, 0.717) is 19.9 Å². The lowest BCUT2D eigenvalue weighted by atomic mass is 10.1. The number of aromatic nitrogens is 2. The lowest BCUT2D eigenvalue weighted by Crippen LogP contribution is -2.07. The van der Waals surface area contributed by atoms with E-state index in [1.807, 2.05) is 22.6 Å². The van der Waals surface area contributed by atoms with Crippen molar-refractivity contribution in [2.45, 2.75) is 6.18 Å². The third kappa shape index (κ3) is 2.92. The highest BCUT2D eigenvalue weighted by atomic mass is 127. The molecule has 7 heteroatoms. The summed E-state index contributed by atoms with van der Waals surface area (Å²) < 4.78 is 37.7. The van der Waals surface area contributed by atoms with E-state index < -0.39 is 11.9 Å². The van der Waals surface area contributed by atoms with Gasteiger partial charge in [-0.25, -0.2) is 4.98 Å². The second-order valence-corrected chi connectivity index (χ2v) is 4.86. The predicted molar refractivity (Wildman–Crippen MR) is 70.2 cm³/mol. The van der Waals surface area contributed by atoms with Gasteiger partial charge in [0.15, 0.2) is 0 Å². The van der Waals surface area contributed by atoms with Crippen molar-refractivity contribution in [3.05, 3.63) is 45.0 Å². The molecule has 0 N–H and O–H groups in total. The molecule has 0 radical (unpaired) electrons. The highest BCUT2D eigenvalue weighted by molar-refractivity contribution is 14.1. The summed E-state index contributed by atoms with van der Waals surface area (Å²) in [4.78, 5) is 7.41. The summed E-state index contributed by atoms with van der Waals surface area (Å²) in [6, 6.07) is 3.91. The zero-order valence-corrected chi connectivity index (χ0v) is 11.6. The van der Waals surface area contributed by atoms with Gasteiger partial charge in [-0.05, 0) is 34.7 Å². The van der Waals surface area contributed by atoms with Crippen molar-refractivity contribution in [1.82, 2.24) is 9.97 Å². The molecule has 0 unspecified atom stereocenters. The SMILES string of the molecule is FC(F)(F)c1ccc(-c2cnc(I)c(Cl)c2)cn1. The zero-order valence-electron chi connectivity index (χ0n) is 8.67. The number of hydrogen-bond acceptors (Lipinski definition) is 2. The summed E-state index contributed by atoms with van der Waals surface area (Å²) in [5.74, 6) is 0. The van der Waals surface area contributed by atoms with E-state index >= 15 is 0 Å². The van der Waals surface area contributed by atoms with E-state index in [4.69, 9.17) is 11.6 Å². The van der Waals surface area contributed by atoms with Crippen LogP contribution < -0.4 is 0 Å². The van der Waals surface area contributed by atoms with Crippen molar-refractivity contribution >= 4 is 34.2 Å². The molecule has 18 heavy (non-hydrogen) atoms. The fourth-order valence-corrected chi connectivity index (χ4v) is 1.77. The highest BCUT2D eigenvalue weighted by Crippen LogP contribution is 2.29. The Labute approximate surface area is 119 Å². The molecular weight excluding hydrogens is 379 g/mol.